The Kier molecular flexibility index (Phi) is 8.19. The third kappa shape index (κ3) is 6.45. The summed E-state index contributed by atoms with van der Waals surface area (Å²) in [6.07, 6.45) is 8.76. The van der Waals surface area contributed by atoms with Gasteiger partial charge in [-0.3, -0.25) is 4.57 Å². The van der Waals surface area contributed by atoms with Crippen molar-refractivity contribution >= 4 is 32.7 Å². The molecule has 0 N–H and O–H groups in total. The first kappa shape index (κ1) is 32.6. The number of pyridine rings is 2. The number of nitrogens with zero attached hydrogens (tertiary/aromatic N) is 7. The standard InChI is InChI=1S/C45H29N7O4/c1-2-14-40-30(9-1)27-50-52(40)31-28-48-45(49-29-31)51-41-25-36(53-32-10-7-12-34(23-32)55-43-15-3-5-21-46-43)17-19-38(41)39-20-18-37(26-42(39)51)54-33-11-8-13-35(24-33)56-44-16-4-6-22-47-44/h1-29H. The Balaban J connectivity index is 1.03. The molecule has 10 aromatic rings. The lowest BCUT2D eigenvalue weighted by Crippen LogP contribution is -2.04. The summed E-state index contributed by atoms with van der Waals surface area (Å²) in [5.74, 6) is 5.14. The summed E-state index contributed by atoms with van der Waals surface area (Å²) in [6, 6.07) is 45.9. The Labute approximate surface area is 319 Å². The van der Waals surface area contributed by atoms with E-state index in [-0.39, 0.29) is 0 Å². The Bertz CT molecular complexity index is 2840. The van der Waals surface area contributed by atoms with Gasteiger partial charge in [-0.25, -0.2) is 24.6 Å². The van der Waals surface area contributed by atoms with Crippen molar-refractivity contribution in [3.05, 3.63) is 177 Å². The van der Waals surface area contributed by atoms with Crippen molar-refractivity contribution in [2.45, 2.75) is 0 Å². The van der Waals surface area contributed by atoms with E-state index in [4.69, 9.17) is 28.9 Å². The molecule has 0 saturated carbocycles. The van der Waals surface area contributed by atoms with Crippen molar-refractivity contribution in [2.75, 3.05) is 0 Å². The predicted octanol–water partition coefficient (Wildman–Crippen LogP) is 10.9. The van der Waals surface area contributed by atoms with E-state index in [2.05, 4.69) is 15.1 Å². The van der Waals surface area contributed by atoms with E-state index in [1.165, 1.54) is 0 Å². The number of hydrogen-bond acceptors (Lipinski definition) is 9. The second-order valence-corrected chi connectivity index (χ2v) is 12.7. The molecule has 5 aromatic carbocycles. The van der Waals surface area contributed by atoms with Gasteiger partial charge < -0.3 is 18.9 Å². The van der Waals surface area contributed by atoms with Crippen LogP contribution in [0.25, 0.3) is 44.3 Å². The van der Waals surface area contributed by atoms with E-state index in [0.29, 0.717) is 52.2 Å². The van der Waals surface area contributed by atoms with Crippen LogP contribution < -0.4 is 18.9 Å². The number of benzene rings is 5. The summed E-state index contributed by atoms with van der Waals surface area (Å²) < 4.78 is 28.6. The molecule has 5 aromatic heterocycles. The Hall–Kier alpha value is -8.05. The molecule has 11 nitrogen and oxygen atoms in total. The van der Waals surface area contributed by atoms with Gasteiger partial charge in [-0.1, -0.05) is 42.5 Å². The molecule has 0 bridgehead atoms. The molecule has 0 radical (unpaired) electrons. The highest BCUT2D eigenvalue weighted by Gasteiger charge is 2.18. The first-order valence-electron chi connectivity index (χ1n) is 17.8. The lowest BCUT2D eigenvalue weighted by atomic mass is 10.1. The number of aromatic nitrogens is 7. The molecule has 0 spiro atoms. The molecule has 0 fully saturated rings. The van der Waals surface area contributed by atoms with Crippen LogP contribution in [0, 0.1) is 0 Å². The molecule has 0 atom stereocenters. The first-order valence-corrected chi connectivity index (χ1v) is 17.8. The third-order valence-electron chi connectivity index (χ3n) is 9.06. The summed E-state index contributed by atoms with van der Waals surface area (Å²) in [5.41, 5.74) is 3.40. The zero-order valence-corrected chi connectivity index (χ0v) is 29.5. The van der Waals surface area contributed by atoms with Crippen molar-refractivity contribution < 1.29 is 18.9 Å². The van der Waals surface area contributed by atoms with Gasteiger partial charge in [0, 0.05) is 65.0 Å². The van der Waals surface area contributed by atoms with E-state index >= 15 is 0 Å². The lowest BCUT2D eigenvalue weighted by Gasteiger charge is -2.11. The van der Waals surface area contributed by atoms with Crippen molar-refractivity contribution in [1.82, 2.24) is 34.3 Å². The highest BCUT2D eigenvalue weighted by Crippen LogP contribution is 2.38. The smallest absolute Gasteiger partial charge is 0.234 e. The van der Waals surface area contributed by atoms with Gasteiger partial charge in [0.15, 0.2) is 0 Å². The fourth-order valence-corrected chi connectivity index (χ4v) is 6.57. The van der Waals surface area contributed by atoms with E-state index in [1.54, 1.807) is 36.9 Å². The Morgan fingerprint density at radius 1 is 0.393 bits per heavy atom. The van der Waals surface area contributed by atoms with Crippen LogP contribution in [0.1, 0.15) is 0 Å². The maximum atomic E-state index is 6.41. The van der Waals surface area contributed by atoms with Crippen LogP contribution in [-0.4, -0.2) is 34.3 Å². The highest BCUT2D eigenvalue weighted by molar-refractivity contribution is 6.09. The van der Waals surface area contributed by atoms with Gasteiger partial charge in [-0.05, 0) is 66.7 Å². The molecule has 56 heavy (non-hydrogen) atoms. The van der Waals surface area contributed by atoms with Gasteiger partial charge in [0.2, 0.25) is 17.7 Å². The van der Waals surface area contributed by atoms with E-state index in [1.807, 2.05) is 149 Å². The highest BCUT2D eigenvalue weighted by atomic mass is 16.5. The minimum absolute atomic E-state index is 0.469. The molecule has 0 aliphatic rings. The van der Waals surface area contributed by atoms with Crippen molar-refractivity contribution in [1.29, 1.82) is 0 Å². The maximum absolute atomic E-state index is 6.41. The van der Waals surface area contributed by atoms with E-state index < -0.39 is 0 Å². The van der Waals surface area contributed by atoms with Crippen LogP contribution >= 0.6 is 0 Å². The molecule has 0 amide bonds. The number of hydrogen-bond donors (Lipinski definition) is 0. The largest absolute Gasteiger partial charge is 0.457 e. The molecule has 0 saturated heterocycles. The van der Waals surface area contributed by atoms with Crippen LogP contribution in [0.5, 0.6) is 46.3 Å². The molecule has 5 heterocycles. The van der Waals surface area contributed by atoms with Gasteiger partial charge in [0.25, 0.3) is 0 Å². The van der Waals surface area contributed by atoms with Crippen molar-refractivity contribution in [3.8, 4) is 57.9 Å². The number of para-hydroxylation sites is 1. The van der Waals surface area contributed by atoms with Crippen molar-refractivity contribution in [2.24, 2.45) is 0 Å². The van der Waals surface area contributed by atoms with Crippen LogP contribution in [0.2, 0.25) is 0 Å². The average molecular weight is 732 g/mol. The quantitative estimate of drug-likeness (QED) is 0.136. The van der Waals surface area contributed by atoms with Crippen LogP contribution in [-0.2, 0) is 0 Å². The molecule has 268 valence electrons. The van der Waals surface area contributed by atoms with Crippen LogP contribution in [0.4, 0.5) is 0 Å². The molecular weight excluding hydrogens is 703 g/mol. The van der Waals surface area contributed by atoms with Gasteiger partial charge in [-0.2, -0.15) is 5.10 Å². The Morgan fingerprint density at radius 3 is 1.46 bits per heavy atom. The normalized spacial score (nSPS) is 11.2. The molecule has 11 heteroatoms. The Morgan fingerprint density at radius 2 is 0.911 bits per heavy atom. The first-order chi connectivity index (χ1) is 27.7. The molecule has 0 aliphatic carbocycles. The van der Waals surface area contributed by atoms with E-state index in [0.717, 1.165) is 38.4 Å². The van der Waals surface area contributed by atoms with Gasteiger partial charge in [0.1, 0.15) is 40.2 Å². The minimum atomic E-state index is 0.469. The second-order valence-electron chi connectivity index (χ2n) is 12.7. The summed E-state index contributed by atoms with van der Waals surface area (Å²) in [7, 11) is 0. The lowest BCUT2D eigenvalue weighted by molar-refractivity contribution is 0.448. The number of rotatable bonds is 10. The van der Waals surface area contributed by atoms with Crippen molar-refractivity contribution in [3.63, 3.8) is 0 Å². The average Bonchev–Trinajstić information content (AvgIpc) is 3.81. The maximum Gasteiger partial charge on any atom is 0.234 e. The SMILES string of the molecule is c1ccc(Oc2cccc(Oc3ccc4c5ccc(Oc6cccc(Oc7ccccn7)c6)cc5n(-c5ncc(-n6ncc7ccccc76)cn5)c4c3)c2)nc1. The summed E-state index contributed by atoms with van der Waals surface area (Å²) in [6.45, 7) is 0. The fraction of sp³-hybridized carbons (Fsp3) is 0. The molecule has 10 rings (SSSR count). The summed E-state index contributed by atoms with van der Waals surface area (Å²) in [5, 5.41) is 7.60. The zero-order valence-electron chi connectivity index (χ0n) is 29.5. The fourth-order valence-electron chi connectivity index (χ4n) is 6.57. The zero-order chi connectivity index (χ0) is 37.3. The number of ether oxygens (including phenoxy) is 4. The number of fused-ring (bicyclic) bond motifs is 4. The topological polar surface area (TPSA) is 111 Å². The molecule has 0 aliphatic heterocycles. The van der Waals surface area contributed by atoms with Gasteiger partial charge >= 0.3 is 0 Å². The summed E-state index contributed by atoms with van der Waals surface area (Å²) >= 11 is 0. The molecule has 0 unspecified atom stereocenters. The summed E-state index contributed by atoms with van der Waals surface area (Å²) in [4.78, 5) is 18.3. The predicted molar refractivity (Wildman–Crippen MR) is 213 cm³/mol. The minimum Gasteiger partial charge on any atom is -0.457 e. The van der Waals surface area contributed by atoms with Crippen LogP contribution in [0.3, 0.4) is 0 Å². The third-order valence-corrected chi connectivity index (χ3v) is 9.06. The molecular formula is C45H29N7O4. The van der Waals surface area contributed by atoms with E-state index in [9.17, 15) is 0 Å². The monoisotopic (exact) mass is 731 g/mol. The van der Waals surface area contributed by atoms with Crippen LogP contribution in [0.15, 0.2) is 177 Å². The second kappa shape index (κ2) is 14.1. The van der Waals surface area contributed by atoms with Gasteiger partial charge in [-0.15, -0.1) is 0 Å². The van der Waals surface area contributed by atoms with Gasteiger partial charge in [0.05, 0.1) is 35.1 Å².